The summed E-state index contributed by atoms with van der Waals surface area (Å²) >= 11 is 0.586. The quantitative estimate of drug-likeness (QED) is 0.325. The van der Waals surface area contributed by atoms with E-state index < -0.39 is 11.2 Å². The van der Waals surface area contributed by atoms with Crippen LogP contribution in [0.15, 0.2) is 59.0 Å². The summed E-state index contributed by atoms with van der Waals surface area (Å²) in [5.74, 6) is 0.621. The van der Waals surface area contributed by atoms with Crippen LogP contribution in [0.3, 0.4) is 0 Å². The van der Waals surface area contributed by atoms with Crippen molar-refractivity contribution in [2.75, 3.05) is 24.5 Å². The van der Waals surface area contributed by atoms with E-state index in [1.807, 2.05) is 54.3 Å². The van der Waals surface area contributed by atoms with Crippen LogP contribution in [0, 0.1) is 0 Å². The van der Waals surface area contributed by atoms with Gasteiger partial charge < -0.3 is 19.2 Å². The Hall–Kier alpha value is -4.26. The number of piperazine rings is 1. The number of para-hydroxylation sites is 2. The molecular formula is C26H22F3N7O2S. The van der Waals surface area contributed by atoms with Crippen LogP contribution < -0.4 is 4.90 Å². The summed E-state index contributed by atoms with van der Waals surface area (Å²) in [6, 6.07) is 16.2. The number of imidazole rings is 1. The third-order valence-electron chi connectivity index (χ3n) is 6.49. The molecule has 200 valence electrons. The van der Waals surface area contributed by atoms with Gasteiger partial charge >= 0.3 is 6.18 Å². The monoisotopic (exact) mass is 553 g/mol. The van der Waals surface area contributed by atoms with Crippen LogP contribution >= 0.6 is 11.3 Å². The molecule has 2 aromatic carbocycles. The molecule has 9 nitrogen and oxygen atoms in total. The first kappa shape index (κ1) is 25.0. The van der Waals surface area contributed by atoms with Gasteiger partial charge in [-0.25, -0.2) is 9.97 Å². The van der Waals surface area contributed by atoms with Crippen molar-refractivity contribution < 1.29 is 22.4 Å². The first-order valence-electron chi connectivity index (χ1n) is 12.2. The summed E-state index contributed by atoms with van der Waals surface area (Å²) in [4.78, 5) is 28.1. The van der Waals surface area contributed by atoms with Crippen LogP contribution in [0.4, 0.5) is 18.2 Å². The number of H-pyrrole nitrogens is 1. The largest absolute Gasteiger partial charge is 0.443 e. The van der Waals surface area contributed by atoms with Crippen molar-refractivity contribution in [1.29, 1.82) is 0 Å². The number of amides is 1. The number of fused-ring (bicyclic) bond motifs is 1. The number of benzene rings is 2. The number of alkyl halides is 3. The van der Waals surface area contributed by atoms with E-state index in [-0.39, 0.29) is 35.8 Å². The molecule has 1 amide bonds. The molecular weight excluding hydrogens is 531 g/mol. The fraction of sp³-hybridized carbons (Fsp3) is 0.269. The molecule has 6 rings (SSSR count). The molecule has 5 aromatic rings. The summed E-state index contributed by atoms with van der Waals surface area (Å²) < 4.78 is 46.6. The van der Waals surface area contributed by atoms with Crippen molar-refractivity contribution in [1.82, 2.24) is 30.0 Å². The Morgan fingerprint density at radius 2 is 1.85 bits per heavy atom. The molecule has 1 unspecified atom stereocenters. The molecule has 1 atom stereocenters. The molecule has 3 aromatic heterocycles. The van der Waals surface area contributed by atoms with Gasteiger partial charge in [0.25, 0.3) is 0 Å². The number of hydrogen-bond acceptors (Lipinski definition) is 8. The molecule has 1 saturated heterocycles. The van der Waals surface area contributed by atoms with Crippen molar-refractivity contribution in [3.8, 4) is 23.0 Å². The Morgan fingerprint density at radius 3 is 2.59 bits per heavy atom. The Balaban J connectivity index is 1.20. The Labute approximate surface area is 224 Å². The van der Waals surface area contributed by atoms with Gasteiger partial charge in [-0.1, -0.05) is 41.7 Å². The third kappa shape index (κ3) is 4.97. The van der Waals surface area contributed by atoms with Crippen LogP contribution in [0.1, 0.15) is 17.8 Å². The number of anilines is 1. The minimum Gasteiger partial charge on any atom is -0.420 e. The standard InChI is InChI=1S/C26H22F3N7O2S/c1-15-14-35(11-12-36(15)20(37)13-19-33-34-23(38-19)16-7-3-2-4-8-16)24-21(32-25(39-24)26(27,28)29)22-30-17-9-5-6-10-18(17)31-22/h2-10,15H,11-14H2,1H3,(H,30,31). The van der Waals surface area contributed by atoms with Gasteiger partial charge in [-0.3, -0.25) is 4.79 Å². The second-order valence-corrected chi connectivity index (χ2v) is 10.2. The lowest BCUT2D eigenvalue weighted by Gasteiger charge is -2.40. The van der Waals surface area contributed by atoms with E-state index in [0.717, 1.165) is 5.56 Å². The van der Waals surface area contributed by atoms with Crippen LogP contribution in [-0.4, -0.2) is 61.6 Å². The highest BCUT2D eigenvalue weighted by atomic mass is 32.1. The molecule has 13 heteroatoms. The smallest absolute Gasteiger partial charge is 0.420 e. The SMILES string of the molecule is CC1CN(c2sc(C(F)(F)F)nc2-c2nc3ccccc3[nH]2)CCN1C(=O)Cc1nnc(-c2ccccc2)o1. The van der Waals surface area contributed by atoms with Gasteiger partial charge in [0.1, 0.15) is 17.1 Å². The molecule has 39 heavy (non-hydrogen) atoms. The number of halogens is 3. The molecule has 1 N–H and O–H groups in total. The van der Waals surface area contributed by atoms with Gasteiger partial charge in [0.2, 0.25) is 22.7 Å². The number of rotatable bonds is 5. The fourth-order valence-electron chi connectivity index (χ4n) is 4.63. The van der Waals surface area contributed by atoms with E-state index in [1.165, 1.54) is 0 Å². The maximum absolute atomic E-state index is 13.7. The minimum atomic E-state index is -4.59. The highest BCUT2D eigenvalue weighted by Gasteiger charge is 2.39. The van der Waals surface area contributed by atoms with Gasteiger partial charge in [0, 0.05) is 31.2 Å². The predicted molar refractivity (Wildman–Crippen MR) is 139 cm³/mol. The molecule has 0 bridgehead atoms. The van der Waals surface area contributed by atoms with Gasteiger partial charge in [0.15, 0.2) is 5.82 Å². The van der Waals surface area contributed by atoms with Crippen LogP contribution in [-0.2, 0) is 17.4 Å². The average molecular weight is 554 g/mol. The Bertz CT molecular complexity index is 1600. The topological polar surface area (TPSA) is 104 Å². The van der Waals surface area contributed by atoms with Crippen molar-refractivity contribution in [3.63, 3.8) is 0 Å². The Kier molecular flexibility index (Phi) is 6.29. The van der Waals surface area contributed by atoms with Crippen molar-refractivity contribution in [3.05, 3.63) is 65.5 Å². The summed E-state index contributed by atoms with van der Waals surface area (Å²) in [6.07, 6.45) is -4.65. The zero-order valence-corrected chi connectivity index (χ0v) is 21.5. The number of carbonyl (C=O) groups excluding carboxylic acids is 1. The highest BCUT2D eigenvalue weighted by molar-refractivity contribution is 7.16. The van der Waals surface area contributed by atoms with Crippen LogP contribution in [0.5, 0.6) is 0 Å². The predicted octanol–water partition coefficient (Wildman–Crippen LogP) is 5.04. The second kappa shape index (κ2) is 9.80. The lowest BCUT2D eigenvalue weighted by molar-refractivity contribution is -0.137. The highest BCUT2D eigenvalue weighted by Crippen LogP contribution is 2.42. The summed E-state index contributed by atoms with van der Waals surface area (Å²) in [6.45, 7) is 2.85. The number of hydrogen-bond donors (Lipinski definition) is 1. The first-order valence-corrected chi connectivity index (χ1v) is 13.0. The molecule has 0 saturated carbocycles. The molecule has 0 spiro atoms. The van der Waals surface area contributed by atoms with Crippen LogP contribution in [0.2, 0.25) is 0 Å². The normalized spacial score (nSPS) is 16.3. The van der Waals surface area contributed by atoms with Crippen LogP contribution in [0.25, 0.3) is 34.0 Å². The zero-order valence-electron chi connectivity index (χ0n) is 20.6. The number of nitrogens with one attached hydrogen (secondary N) is 1. The van der Waals surface area contributed by atoms with E-state index in [1.54, 1.807) is 17.0 Å². The van der Waals surface area contributed by atoms with Gasteiger partial charge in [-0.15, -0.1) is 10.2 Å². The van der Waals surface area contributed by atoms with Crippen molar-refractivity contribution in [2.45, 2.75) is 25.6 Å². The maximum Gasteiger partial charge on any atom is 0.443 e. The summed E-state index contributed by atoms with van der Waals surface area (Å²) in [5, 5.41) is 7.46. The minimum absolute atomic E-state index is 0.0623. The zero-order chi connectivity index (χ0) is 27.1. The lowest BCUT2D eigenvalue weighted by atomic mass is 10.1. The molecule has 4 heterocycles. The lowest BCUT2D eigenvalue weighted by Crippen LogP contribution is -2.54. The van der Waals surface area contributed by atoms with Crippen molar-refractivity contribution >= 4 is 33.3 Å². The van der Waals surface area contributed by atoms with E-state index in [2.05, 4.69) is 25.1 Å². The molecule has 1 aliphatic heterocycles. The van der Waals surface area contributed by atoms with Gasteiger partial charge in [-0.05, 0) is 31.2 Å². The van der Waals surface area contributed by atoms with Crippen molar-refractivity contribution in [2.24, 2.45) is 0 Å². The summed E-state index contributed by atoms with van der Waals surface area (Å²) in [5.41, 5.74) is 2.25. The molecule has 1 aliphatic rings. The van der Waals surface area contributed by atoms with Gasteiger partial charge in [-0.2, -0.15) is 13.2 Å². The number of aromatic nitrogens is 5. The number of aromatic amines is 1. The molecule has 0 radical (unpaired) electrons. The second-order valence-electron chi connectivity index (χ2n) is 9.20. The maximum atomic E-state index is 13.7. The third-order valence-corrected chi connectivity index (χ3v) is 7.65. The van der Waals surface area contributed by atoms with E-state index in [9.17, 15) is 18.0 Å². The molecule has 0 aliphatic carbocycles. The van der Waals surface area contributed by atoms with E-state index >= 15 is 0 Å². The Morgan fingerprint density at radius 1 is 1.08 bits per heavy atom. The van der Waals surface area contributed by atoms with Gasteiger partial charge in [0.05, 0.1) is 11.0 Å². The summed E-state index contributed by atoms with van der Waals surface area (Å²) in [7, 11) is 0. The van der Waals surface area contributed by atoms with E-state index in [4.69, 9.17) is 4.42 Å². The first-order chi connectivity index (χ1) is 18.8. The average Bonchev–Trinajstić information content (AvgIpc) is 3.66. The van der Waals surface area contributed by atoms with E-state index in [0.29, 0.717) is 52.9 Å². The number of nitrogens with zero attached hydrogens (tertiary/aromatic N) is 6. The molecule has 1 fully saturated rings. The number of carbonyl (C=O) groups is 1. The fourth-order valence-corrected chi connectivity index (χ4v) is 5.60. The number of thiazole rings is 1.